The monoisotopic (exact) mass is 358 g/mol. The van der Waals surface area contributed by atoms with Crippen LogP contribution in [0.3, 0.4) is 0 Å². The van der Waals surface area contributed by atoms with Gasteiger partial charge < -0.3 is 21.3 Å². The van der Waals surface area contributed by atoms with Crippen LogP contribution in [0.5, 0.6) is 0 Å². The minimum Gasteiger partial charge on any atom is -0.350 e. The first kappa shape index (κ1) is 18.7. The van der Waals surface area contributed by atoms with E-state index in [9.17, 15) is 9.59 Å². The Bertz CT molecular complexity index is 613. The van der Waals surface area contributed by atoms with Gasteiger partial charge in [0.1, 0.15) is 5.54 Å². The number of hydrogen-bond acceptors (Lipinski definition) is 3. The second-order valence-corrected chi connectivity index (χ2v) is 7.55. The first-order valence-corrected chi connectivity index (χ1v) is 9.73. The van der Waals surface area contributed by atoms with Crippen LogP contribution in [0.1, 0.15) is 51.0 Å². The molecule has 142 valence electrons. The lowest BCUT2D eigenvalue weighted by Crippen LogP contribution is -2.63. The molecule has 1 heterocycles. The van der Waals surface area contributed by atoms with Gasteiger partial charge in [-0.25, -0.2) is 4.79 Å². The summed E-state index contributed by atoms with van der Waals surface area (Å²) >= 11 is 0. The standard InChI is InChI=1S/C20H30N4O2/c1-15-17(10-7-13-21-15)23-18(25)20(11-5-6-12-20)24-19(26)22-14-16-8-3-2-4-9-16/h2-4,8-9,15,17,21H,5-7,10-14H2,1H3,(H,23,25)(H2,22,24,26). The summed E-state index contributed by atoms with van der Waals surface area (Å²) in [6, 6.07) is 9.89. The summed E-state index contributed by atoms with van der Waals surface area (Å²) in [4.78, 5) is 25.4. The Morgan fingerprint density at radius 3 is 2.58 bits per heavy atom. The topological polar surface area (TPSA) is 82.3 Å². The van der Waals surface area contributed by atoms with Crippen molar-refractivity contribution in [2.45, 2.75) is 69.6 Å². The molecule has 1 saturated carbocycles. The SMILES string of the molecule is CC1NCCCC1NC(=O)C1(NC(=O)NCc2ccccc2)CCCC1. The zero-order valence-corrected chi connectivity index (χ0v) is 15.5. The summed E-state index contributed by atoms with van der Waals surface area (Å²) in [7, 11) is 0. The number of carbonyl (C=O) groups is 2. The zero-order valence-electron chi connectivity index (χ0n) is 15.5. The van der Waals surface area contributed by atoms with Crippen molar-refractivity contribution >= 4 is 11.9 Å². The van der Waals surface area contributed by atoms with Crippen LogP contribution >= 0.6 is 0 Å². The van der Waals surface area contributed by atoms with Crippen LogP contribution < -0.4 is 21.3 Å². The molecule has 4 N–H and O–H groups in total. The third kappa shape index (κ3) is 4.55. The molecule has 3 amide bonds. The highest BCUT2D eigenvalue weighted by molar-refractivity contribution is 5.91. The predicted molar refractivity (Wildman–Crippen MR) is 102 cm³/mol. The summed E-state index contributed by atoms with van der Waals surface area (Å²) in [6.45, 7) is 3.55. The van der Waals surface area contributed by atoms with E-state index in [2.05, 4.69) is 28.2 Å². The Kier molecular flexibility index (Phi) is 6.14. The quantitative estimate of drug-likeness (QED) is 0.650. The Morgan fingerprint density at radius 2 is 1.88 bits per heavy atom. The molecule has 2 unspecified atom stereocenters. The zero-order chi connectivity index (χ0) is 18.4. The fourth-order valence-electron chi connectivity index (χ4n) is 3.97. The highest BCUT2D eigenvalue weighted by atomic mass is 16.2. The summed E-state index contributed by atoms with van der Waals surface area (Å²) < 4.78 is 0. The molecule has 2 fully saturated rings. The highest BCUT2D eigenvalue weighted by Gasteiger charge is 2.43. The molecule has 1 aromatic rings. The van der Waals surface area contributed by atoms with Crippen LogP contribution in [0.4, 0.5) is 4.79 Å². The first-order valence-electron chi connectivity index (χ1n) is 9.73. The molecule has 0 bridgehead atoms. The molecule has 1 aromatic carbocycles. The van der Waals surface area contributed by atoms with Crippen LogP contribution in [0.2, 0.25) is 0 Å². The molecule has 26 heavy (non-hydrogen) atoms. The molecule has 1 saturated heterocycles. The van der Waals surface area contributed by atoms with Crippen LogP contribution in [0.15, 0.2) is 30.3 Å². The van der Waals surface area contributed by atoms with Gasteiger partial charge in [0, 0.05) is 18.6 Å². The lowest BCUT2D eigenvalue weighted by molar-refractivity contribution is -0.128. The maximum atomic E-state index is 13.0. The molecule has 6 heteroatoms. The van der Waals surface area contributed by atoms with Gasteiger partial charge in [-0.15, -0.1) is 0 Å². The van der Waals surface area contributed by atoms with Gasteiger partial charge in [0.2, 0.25) is 5.91 Å². The normalized spacial score (nSPS) is 24.7. The van der Waals surface area contributed by atoms with E-state index in [0.717, 1.165) is 37.8 Å². The first-order chi connectivity index (χ1) is 12.6. The van der Waals surface area contributed by atoms with Crippen molar-refractivity contribution in [3.05, 3.63) is 35.9 Å². The van der Waals surface area contributed by atoms with Gasteiger partial charge in [0.05, 0.1) is 0 Å². The van der Waals surface area contributed by atoms with Gasteiger partial charge in [-0.05, 0) is 44.7 Å². The van der Waals surface area contributed by atoms with Gasteiger partial charge >= 0.3 is 6.03 Å². The van der Waals surface area contributed by atoms with E-state index in [1.807, 2.05) is 30.3 Å². The number of amides is 3. The van der Waals surface area contributed by atoms with E-state index in [1.165, 1.54) is 0 Å². The summed E-state index contributed by atoms with van der Waals surface area (Å²) in [5, 5.41) is 12.5. The Labute approximate surface area is 155 Å². The average molecular weight is 358 g/mol. The number of piperidine rings is 1. The van der Waals surface area contributed by atoms with E-state index in [4.69, 9.17) is 0 Å². The van der Waals surface area contributed by atoms with Crippen LogP contribution in [-0.4, -0.2) is 36.1 Å². The molecule has 3 rings (SSSR count). The van der Waals surface area contributed by atoms with Gasteiger partial charge in [0.25, 0.3) is 0 Å². The van der Waals surface area contributed by atoms with Crippen LogP contribution in [-0.2, 0) is 11.3 Å². The van der Waals surface area contributed by atoms with Crippen molar-refractivity contribution < 1.29 is 9.59 Å². The maximum absolute atomic E-state index is 13.0. The van der Waals surface area contributed by atoms with Crippen molar-refractivity contribution in [1.82, 2.24) is 21.3 Å². The number of carbonyl (C=O) groups excluding carboxylic acids is 2. The van der Waals surface area contributed by atoms with Crippen LogP contribution in [0.25, 0.3) is 0 Å². The third-order valence-corrected chi connectivity index (χ3v) is 5.62. The largest absolute Gasteiger partial charge is 0.350 e. The second kappa shape index (κ2) is 8.54. The van der Waals surface area contributed by atoms with Gasteiger partial charge in [-0.1, -0.05) is 43.2 Å². The van der Waals surface area contributed by atoms with Gasteiger partial charge in [0.15, 0.2) is 0 Å². The van der Waals surface area contributed by atoms with Crippen molar-refractivity contribution in [1.29, 1.82) is 0 Å². The number of benzene rings is 1. The molecule has 1 aliphatic carbocycles. The van der Waals surface area contributed by atoms with Crippen molar-refractivity contribution in [3.8, 4) is 0 Å². The molecule has 0 aromatic heterocycles. The molecule has 2 aliphatic rings. The van der Waals surface area contributed by atoms with Crippen molar-refractivity contribution in [2.24, 2.45) is 0 Å². The second-order valence-electron chi connectivity index (χ2n) is 7.55. The number of hydrogen-bond donors (Lipinski definition) is 4. The molecule has 6 nitrogen and oxygen atoms in total. The number of rotatable bonds is 5. The minimum absolute atomic E-state index is 0.0367. The molecule has 2 atom stereocenters. The van der Waals surface area contributed by atoms with Crippen molar-refractivity contribution in [2.75, 3.05) is 6.54 Å². The van der Waals surface area contributed by atoms with E-state index < -0.39 is 5.54 Å². The van der Waals surface area contributed by atoms with Gasteiger partial charge in [-0.3, -0.25) is 4.79 Å². The number of nitrogens with one attached hydrogen (secondary N) is 4. The Balaban J connectivity index is 1.58. The van der Waals surface area contributed by atoms with Gasteiger partial charge in [-0.2, -0.15) is 0 Å². The average Bonchev–Trinajstić information content (AvgIpc) is 3.12. The molecule has 0 spiro atoms. The molecular weight excluding hydrogens is 328 g/mol. The van der Waals surface area contributed by atoms with E-state index in [0.29, 0.717) is 19.4 Å². The Hall–Kier alpha value is -2.08. The third-order valence-electron chi connectivity index (χ3n) is 5.62. The fraction of sp³-hybridized carbons (Fsp3) is 0.600. The molecule has 0 radical (unpaired) electrons. The summed E-state index contributed by atoms with van der Waals surface area (Å²) in [6.07, 6.45) is 5.37. The highest BCUT2D eigenvalue weighted by Crippen LogP contribution is 2.30. The van der Waals surface area contributed by atoms with E-state index in [1.54, 1.807) is 0 Å². The Morgan fingerprint density at radius 1 is 1.15 bits per heavy atom. The van der Waals surface area contributed by atoms with E-state index >= 15 is 0 Å². The van der Waals surface area contributed by atoms with E-state index in [-0.39, 0.29) is 24.0 Å². The van der Waals surface area contributed by atoms with Crippen molar-refractivity contribution in [3.63, 3.8) is 0 Å². The van der Waals surface area contributed by atoms with Crippen LogP contribution in [0, 0.1) is 0 Å². The lowest BCUT2D eigenvalue weighted by Gasteiger charge is -2.35. The lowest BCUT2D eigenvalue weighted by atomic mass is 9.93. The number of urea groups is 1. The molecular formula is C20H30N4O2. The smallest absolute Gasteiger partial charge is 0.315 e. The summed E-state index contributed by atoms with van der Waals surface area (Å²) in [5.41, 5.74) is 0.257. The summed E-state index contributed by atoms with van der Waals surface area (Å²) in [5.74, 6) is -0.0367. The minimum atomic E-state index is -0.780. The fourth-order valence-corrected chi connectivity index (χ4v) is 3.97. The molecule has 1 aliphatic heterocycles. The predicted octanol–water partition coefficient (Wildman–Crippen LogP) is 2.06. The maximum Gasteiger partial charge on any atom is 0.315 e.